The van der Waals surface area contributed by atoms with Gasteiger partial charge in [-0.25, -0.2) is 4.98 Å². The van der Waals surface area contributed by atoms with Gasteiger partial charge >= 0.3 is 0 Å². The highest BCUT2D eigenvalue weighted by molar-refractivity contribution is 7.09. The largest absolute Gasteiger partial charge is 0.305 e. The van der Waals surface area contributed by atoms with Crippen molar-refractivity contribution in [3.8, 4) is 0 Å². The number of likely N-dealkylation sites (N-methyl/N-ethyl adjacent to an activating group) is 1. The Balaban J connectivity index is 1.75. The second-order valence-corrected chi connectivity index (χ2v) is 6.82. The first kappa shape index (κ1) is 14.6. The number of thiazole rings is 1. The minimum atomic E-state index is 0.548. The van der Waals surface area contributed by atoms with Crippen molar-refractivity contribution in [3.63, 3.8) is 0 Å². The molecule has 0 saturated carbocycles. The van der Waals surface area contributed by atoms with Crippen molar-refractivity contribution in [2.45, 2.75) is 31.5 Å². The third-order valence-corrected chi connectivity index (χ3v) is 5.07. The van der Waals surface area contributed by atoms with Gasteiger partial charge in [0, 0.05) is 42.6 Å². The zero-order chi connectivity index (χ0) is 14.7. The van der Waals surface area contributed by atoms with Crippen molar-refractivity contribution < 1.29 is 0 Å². The molecule has 5 heteroatoms. The van der Waals surface area contributed by atoms with Crippen LogP contribution in [0.4, 0.5) is 0 Å². The van der Waals surface area contributed by atoms with E-state index in [9.17, 15) is 0 Å². The number of nitrogens with zero attached hydrogens (tertiary/aromatic N) is 4. The molecule has 1 aliphatic rings. The van der Waals surface area contributed by atoms with Crippen LogP contribution < -0.4 is 0 Å². The molecule has 0 bridgehead atoms. The lowest BCUT2D eigenvalue weighted by Crippen LogP contribution is -2.43. The molecule has 3 heterocycles. The molecular formula is C16H22N4S. The maximum atomic E-state index is 4.44. The van der Waals surface area contributed by atoms with Crippen LogP contribution in [0.1, 0.15) is 17.0 Å². The lowest BCUT2D eigenvalue weighted by atomic mass is 10.00. The van der Waals surface area contributed by atoms with E-state index >= 15 is 0 Å². The van der Waals surface area contributed by atoms with Gasteiger partial charge in [0.05, 0.1) is 6.54 Å². The van der Waals surface area contributed by atoms with Crippen LogP contribution in [-0.2, 0) is 13.0 Å². The predicted octanol–water partition coefficient (Wildman–Crippen LogP) is 2.29. The molecule has 0 unspecified atom stereocenters. The normalized spacial score (nSPS) is 23.0. The van der Waals surface area contributed by atoms with Gasteiger partial charge in [-0.1, -0.05) is 0 Å². The molecular weight excluding hydrogens is 280 g/mol. The molecule has 2 atom stereocenters. The number of hydrogen-bond donors (Lipinski definition) is 0. The molecule has 0 radical (unpaired) electrons. The van der Waals surface area contributed by atoms with Crippen molar-refractivity contribution in [2.24, 2.45) is 0 Å². The fourth-order valence-corrected chi connectivity index (χ4v) is 3.87. The van der Waals surface area contributed by atoms with Gasteiger partial charge in [0.25, 0.3) is 0 Å². The van der Waals surface area contributed by atoms with Gasteiger partial charge in [-0.15, -0.1) is 11.3 Å². The number of rotatable bonds is 5. The molecule has 0 amide bonds. The molecule has 3 rings (SSSR count). The molecule has 0 aliphatic carbocycles. The molecule has 2 aromatic rings. The maximum Gasteiger partial charge on any atom is 0.107 e. The Bertz CT molecular complexity index is 541. The quantitative estimate of drug-likeness (QED) is 0.848. The van der Waals surface area contributed by atoms with E-state index in [1.54, 1.807) is 11.3 Å². The molecule has 0 spiro atoms. The van der Waals surface area contributed by atoms with E-state index in [0.29, 0.717) is 12.1 Å². The minimum absolute atomic E-state index is 0.548. The monoisotopic (exact) mass is 302 g/mol. The third kappa shape index (κ3) is 3.48. The lowest BCUT2D eigenvalue weighted by molar-refractivity contribution is 0.178. The first-order valence-electron chi connectivity index (χ1n) is 7.42. The van der Waals surface area contributed by atoms with Crippen LogP contribution >= 0.6 is 11.3 Å². The fourth-order valence-electron chi connectivity index (χ4n) is 3.23. The summed E-state index contributed by atoms with van der Waals surface area (Å²) in [5.41, 5.74) is 1.37. The maximum absolute atomic E-state index is 4.44. The van der Waals surface area contributed by atoms with Gasteiger partial charge in [0.15, 0.2) is 0 Å². The zero-order valence-corrected chi connectivity index (χ0v) is 13.5. The Labute approximate surface area is 130 Å². The van der Waals surface area contributed by atoms with Crippen LogP contribution in [0.2, 0.25) is 0 Å². The van der Waals surface area contributed by atoms with E-state index in [0.717, 1.165) is 19.5 Å². The fraction of sp³-hybridized carbons (Fsp3) is 0.500. The average molecular weight is 302 g/mol. The second-order valence-electron chi connectivity index (χ2n) is 5.84. The summed E-state index contributed by atoms with van der Waals surface area (Å²) in [7, 11) is 4.38. The first-order valence-corrected chi connectivity index (χ1v) is 8.30. The van der Waals surface area contributed by atoms with Gasteiger partial charge in [0.2, 0.25) is 0 Å². The van der Waals surface area contributed by atoms with E-state index in [1.807, 2.05) is 18.6 Å². The summed E-state index contributed by atoms with van der Waals surface area (Å²) >= 11 is 1.75. The van der Waals surface area contributed by atoms with Crippen molar-refractivity contribution in [2.75, 3.05) is 20.6 Å². The highest BCUT2D eigenvalue weighted by Crippen LogP contribution is 2.26. The van der Waals surface area contributed by atoms with E-state index < -0.39 is 0 Å². The van der Waals surface area contributed by atoms with Crippen LogP contribution in [0.25, 0.3) is 0 Å². The number of aromatic nitrogens is 2. The minimum Gasteiger partial charge on any atom is -0.305 e. The van der Waals surface area contributed by atoms with E-state index in [1.165, 1.54) is 17.0 Å². The van der Waals surface area contributed by atoms with Crippen LogP contribution in [-0.4, -0.2) is 52.5 Å². The summed E-state index contributed by atoms with van der Waals surface area (Å²) in [4.78, 5) is 13.5. The van der Waals surface area contributed by atoms with Crippen LogP contribution in [0.3, 0.4) is 0 Å². The first-order chi connectivity index (χ1) is 10.2. The molecule has 1 fully saturated rings. The van der Waals surface area contributed by atoms with E-state index in [4.69, 9.17) is 0 Å². The summed E-state index contributed by atoms with van der Waals surface area (Å²) in [5, 5.41) is 3.28. The predicted molar refractivity (Wildman–Crippen MR) is 86.3 cm³/mol. The molecule has 2 aromatic heterocycles. The van der Waals surface area contributed by atoms with Crippen LogP contribution in [0.5, 0.6) is 0 Å². The zero-order valence-electron chi connectivity index (χ0n) is 12.6. The summed E-state index contributed by atoms with van der Waals surface area (Å²) in [6.45, 7) is 2.12. The second kappa shape index (κ2) is 6.64. The summed E-state index contributed by atoms with van der Waals surface area (Å²) in [6.07, 6.45) is 7.99. The number of hydrogen-bond acceptors (Lipinski definition) is 5. The summed E-state index contributed by atoms with van der Waals surface area (Å²) in [6, 6.07) is 5.42. The van der Waals surface area contributed by atoms with Crippen molar-refractivity contribution >= 4 is 11.3 Å². The highest BCUT2D eigenvalue weighted by Gasteiger charge is 2.35. The Morgan fingerprint density at radius 2 is 2.10 bits per heavy atom. The van der Waals surface area contributed by atoms with E-state index in [2.05, 4.69) is 51.4 Å². The molecule has 21 heavy (non-hydrogen) atoms. The van der Waals surface area contributed by atoms with Gasteiger partial charge < -0.3 is 4.90 Å². The third-order valence-electron chi connectivity index (χ3n) is 4.30. The van der Waals surface area contributed by atoms with E-state index in [-0.39, 0.29) is 0 Å². The molecule has 112 valence electrons. The van der Waals surface area contributed by atoms with Gasteiger partial charge in [-0.05, 0) is 44.6 Å². The number of likely N-dealkylation sites (tertiary alicyclic amines) is 1. The molecule has 1 saturated heterocycles. The molecule has 0 aromatic carbocycles. The topological polar surface area (TPSA) is 32.3 Å². The molecule has 4 nitrogen and oxygen atoms in total. The highest BCUT2D eigenvalue weighted by atomic mass is 32.1. The standard InChI is InChI=1S/C16H22N4S/c1-19(2)14-5-9-20(12-16-18-8-10-21-16)15(14)11-13-3-6-17-7-4-13/h3-4,6-8,10,14-15H,5,9,11-12H2,1-2H3/t14-,15+/m1/s1. The van der Waals surface area contributed by atoms with Gasteiger partial charge in [-0.3, -0.25) is 9.88 Å². The average Bonchev–Trinajstić information content (AvgIpc) is 3.11. The number of pyridine rings is 1. The van der Waals surface area contributed by atoms with Gasteiger partial charge in [-0.2, -0.15) is 0 Å². The Kier molecular flexibility index (Phi) is 4.63. The van der Waals surface area contributed by atoms with Gasteiger partial charge in [0.1, 0.15) is 5.01 Å². The Morgan fingerprint density at radius 1 is 1.29 bits per heavy atom. The summed E-state index contributed by atoms with van der Waals surface area (Å²) in [5.74, 6) is 0. The Morgan fingerprint density at radius 3 is 2.76 bits per heavy atom. The van der Waals surface area contributed by atoms with Crippen LogP contribution in [0.15, 0.2) is 36.1 Å². The van der Waals surface area contributed by atoms with Crippen molar-refractivity contribution in [1.82, 2.24) is 19.8 Å². The Hall–Kier alpha value is -1.30. The van der Waals surface area contributed by atoms with Crippen LogP contribution in [0, 0.1) is 0 Å². The smallest absolute Gasteiger partial charge is 0.107 e. The van der Waals surface area contributed by atoms with Crippen molar-refractivity contribution in [1.29, 1.82) is 0 Å². The lowest BCUT2D eigenvalue weighted by Gasteiger charge is -2.31. The SMILES string of the molecule is CN(C)[C@@H]1CCN(Cc2nccs2)[C@H]1Cc1ccncc1. The molecule has 0 N–H and O–H groups in total. The van der Waals surface area contributed by atoms with Crippen molar-refractivity contribution in [3.05, 3.63) is 46.7 Å². The summed E-state index contributed by atoms with van der Waals surface area (Å²) < 4.78 is 0. The molecule has 1 aliphatic heterocycles.